The fraction of sp³-hybridized carbons (Fsp3) is 0.208. The predicted octanol–water partition coefficient (Wildman–Crippen LogP) is 0.412. The molecule has 2 aromatic carbocycles. The standard InChI is InChI=1S/C24H23N3O3.HI/c1-3-30-20-12-10-18(11-13-20)25-24(29)23-21-9-4-5-14-26(21)16-22(28)27(23)19-8-6-7-17(2)15-19;/h4-15,23H,3,16H2,1-2H3;1H. The Morgan fingerprint density at radius 1 is 1.13 bits per heavy atom. The van der Waals surface area contributed by atoms with Crippen molar-refractivity contribution in [1.82, 2.24) is 0 Å². The molecule has 0 bridgehead atoms. The van der Waals surface area contributed by atoms with E-state index in [0.29, 0.717) is 18.0 Å². The first-order chi connectivity index (χ1) is 14.6. The van der Waals surface area contributed by atoms with Crippen LogP contribution in [0.2, 0.25) is 0 Å². The number of amides is 2. The molecule has 4 rings (SSSR count). The van der Waals surface area contributed by atoms with Crippen LogP contribution in [0.5, 0.6) is 5.75 Å². The number of pyridine rings is 1. The van der Waals surface area contributed by atoms with E-state index in [1.807, 2.05) is 79.2 Å². The van der Waals surface area contributed by atoms with Crippen molar-refractivity contribution in [2.45, 2.75) is 26.4 Å². The van der Waals surface area contributed by atoms with Gasteiger partial charge < -0.3 is 34.0 Å². The molecule has 1 aromatic heterocycles. The Balaban J connectivity index is 0.00000272. The predicted molar refractivity (Wildman–Crippen MR) is 114 cm³/mol. The number of aromatic nitrogens is 1. The number of halogens is 1. The lowest BCUT2D eigenvalue weighted by molar-refractivity contribution is -0.695. The topological polar surface area (TPSA) is 62.5 Å². The molecule has 0 fully saturated rings. The molecule has 0 radical (unpaired) electrons. The SMILES string of the molecule is CCOc1ccc(NC(=O)C2c3cccc[n+]3CC(=O)N2c2cccc(C)c2)cc1.[I-]. The molecule has 1 aliphatic rings. The van der Waals surface area contributed by atoms with E-state index in [4.69, 9.17) is 4.74 Å². The van der Waals surface area contributed by atoms with Crippen LogP contribution in [0.15, 0.2) is 72.9 Å². The van der Waals surface area contributed by atoms with Crippen LogP contribution in [0.25, 0.3) is 0 Å². The molecule has 1 unspecified atom stereocenters. The van der Waals surface area contributed by atoms with Gasteiger partial charge in [0.2, 0.25) is 18.3 Å². The van der Waals surface area contributed by atoms with Crippen molar-refractivity contribution in [3.05, 3.63) is 84.2 Å². The van der Waals surface area contributed by atoms with Crippen LogP contribution in [-0.2, 0) is 16.1 Å². The molecule has 3 aromatic rings. The van der Waals surface area contributed by atoms with E-state index in [2.05, 4.69) is 5.32 Å². The van der Waals surface area contributed by atoms with Gasteiger partial charge in [-0.2, -0.15) is 4.57 Å². The Morgan fingerprint density at radius 2 is 1.90 bits per heavy atom. The quantitative estimate of drug-likeness (QED) is 0.385. The summed E-state index contributed by atoms with van der Waals surface area (Å²) in [6.07, 6.45) is 1.83. The lowest BCUT2D eigenvalue weighted by Crippen LogP contribution is -3.00. The van der Waals surface area contributed by atoms with Gasteiger partial charge in [-0.3, -0.25) is 14.5 Å². The highest BCUT2D eigenvalue weighted by Crippen LogP contribution is 2.30. The maximum Gasteiger partial charge on any atom is 0.294 e. The summed E-state index contributed by atoms with van der Waals surface area (Å²) in [6, 6.07) is 19.7. The van der Waals surface area contributed by atoms with Crippen LogP contribution < -0.4 is 43.5 Å². The highest BCUT2D eigenvalue weighted by Gasteiger charge is 2.43. The molecule has 2 heterocycles. The van der Waals surface area contributed by atoms with Gasteiger partial charge in [-0.15, -0.1) is 0 Å². The second kappa shape index (κ2) is 9.91. The lowest BCUT2D eigenvalue weighted by atomic mass is 10.0. The molecule has 1 aliphatic heterocycles. The molecule has 0 saturated carbocycles. The van der Waals surface area contributed by atoms with Crippen molar-refractivity contribution in [2.24, 2.45) is 0 Å². The fourth-order valence-corrected chi connectivity index (χ4v) is 3.71. The van der Waals surface area contributed by atoms with E-state index in [9.17, 15) is 9.59 Å². The molecule has 6 nitrogen and oxygen atoms in total. The number of carbonyl (C=O) groups is 2. The van der Waals surface area contributed by atoms with Gasteiger partial charge in [-0.05, 0) is 55.8 Å². The Bertz CT molecular complexity index is 1090. The minimum absolute atomic E-state index is 0. The number of benzene rings is 2. The van der Waals surface area contributed by atoms with E-state index in [0.717, 1.165) is 17.0 Å². The third-order valence-corrected chi connectivity index (χ3v) is 5.05. The van der Waals surface area contributed by atoms with Crippen molar-refractivity contribution in [1.29, 1.82) is 0 Å². The highest BCUT2D eigenvalue weighted by molar-refractivity contribution is 6.05. The summed E-state index contributed by atoms with van der Waals surface area (Å²) in [7, 11) is 0. The molecule has 2 amide bonds. The number of nitrogens with one attached hydrogen (secondary N) is 1. The monoisotopic (exact) mass is 529 g/mol. The van der Waals surface area contributed by atoms with Gasteiger partial charge in [0.1, 0.15) is 5.75 Å². The van der Waals surface area contributed by atoms with E-state index in [-0.39, 0.29) is 42.3 Å². The average Bonchev–Trinajstić information content (AvgIpc) is 2.74. The number of anilines is 2. The third kappa shape index (κ3) is 4.87. The molecule has 31 heavy (non-hydrogen) atoms. The number of nitrogens with zero attached hydrogens (tertiary/aromatic N) is 2. The van der Waals surface area contributed by atoms with Gasteiger partial charge in [0.25, 0.3) is 11.8 Å². The molecule has 1 N–H and O–H groups in total. The Kier molecular flexibility index (Phi) is 7.27. The second-order valence-electron chi connectivity index (χ2n) is 7.21. The molecule has 0 saturated heterocycles. The van der Waals surface area contributed by atoms with Crippen molar-refractivity contribution in [3.8, 4) is 5.75 Å². The van der Waals surface area contributed by atoms with Gasteiger partial charge in [0, 0.05) is 23.5 Å². The summed E-state index contributed by atoms with van der Waals surface area (Å²) in [6.45, 7) is 4.66. The van der Waals surface area contributed by atoms with Crippen LogP contribution in [0, 0.1) is 6.92 Å². The largest absolute Gasteiger partial charge is 1.00 e. The summed E-state index contributed by atoms with van der Waals surface area (Å²) < 4.78 is 7.29. The summed E-state index contributed by atoms with van der Waals surface area (Å²) in [5.41, 5.74) is 3.15. The van der Waals surface area contributed by atoms with Gasteiger partial charge in [-0.1, -0.05) is 18.2 Å². The number of hydrogen-bond donors (Lipinski definition) is 1. The first kappa shape index (κ1) is 22.7. The van der Waals surface area contributed by atoms with Crippen molar-refractivity contribution < 1.29 is 42.9 Å². The zero-order valence-corrected chi connectivity index (χ0v) is 19.6. The molecule has 0 spiro atoms. The van der Waals surface area contributed by atoms with Gasteiger partial charge in [0.05, 0.1) is 6.61 Å². The highest BCUT2D eigenvalue weighted by atomic mass is 127. The van der Waals surface area contributed by atoms with Crippen LogP contribution in [0.4, 0.5) is 11.4 Å². The molecule has 1 atom stereocenters. The van der Waals surface area contributed by atoms with Gasteiger partial charge >= 0.3 is 0 Å². The molecule has 160 valence electrons. The fourth-order valence-electron chi connectivity index (χ4n) is 3.71. The van der Waals surface area contributed by atoms with E-state index in [1.165, 1.54) is 0 Å². The Labute approximate surface area is 198 Å². The van der Waals surface area contributed by atoms with Crippen LogP contribution in [0.1, 0.15) is 24.2 Å². The number of hydrogen-bond acceptors (Lipinski definition) is 3. The van der Waals surface area contributed by atoms with Crippen molar-refractivity contribution >= 4 is 23.2 Å². The minimum Gasteiger partial charge on any atom is -1.00 e. The van der Waals surface area contributed by atoms with Crippen LogP contribution in [-0.4, -0.2) is 18.4 Å². The summed E-state index contributed by atoms with van der Waals surface area (Å²) in [5.74, 6) is 0.343. The number of fused-ring (bicyclic) bond motifs is 1. The first-order valence-electron chi connectivity index (χ1n) is 9.97. The van der Waals surface area contributed by atoms with E-state index < -0.39 is 6.04 Å². The van der Waals surface area contributed by atoms with Crippen LogP contribution in [0.3, 0.4) is 0 Å². The molecule has 0 aliphatic carbocycles. The average molecular weight is 529 g/mol. The van der Waals surface area contributed by atoms with E-state index >= 15 is 0 Å². The smallest absolute Gasteiger partial charge is 0.294 e. The van der Waals surface area contributed by atoms with Gasteiger partial charge in [-0.25, -0.2) is 0 Å². The van der Waals surface area contributed by atoms with Gasteiger partial charge in [0.15, 0.2) is 6.20 Å². The molecular formula is C24H24IN3O3. The molecule has 7 heteroatoms. The lowest BCUT2D eigenvalue weighted by Gasteiger charge is -2.32. The summed E-state index contributed by atoms with van der Waals surface area (Å²) in [4.78, 5) is 28.1. The second-order valence-corrected chi connectivity index (χ2v) is 7.21. The third-order valence-electron chi connectivity index (χ3n) is 5.05. The number of rotatable bonds is 5. The number of aryl methyl sites for hydroxylation is 1. The zero-order valence-electron chi connectivity index (χ0n) is 17.4. The van der Waals surface area contributed by atoms with E-state index in [1.54, 1.807) is 17.0 Å². The Morgan fingerprint density at radius 3 is 2.61 bits per heavy atom. The maximum absolute atomic E-state index is 13.4. The summed E-state index contributed by atoms with van der Waals surface area (Å²) >= 11 is 0. The Hall–Kier alpha value is -2.94. The number of carbonyl (C=O) groups excluding carboxylic acids is 2. The zero-order chi connectivity index (χ0) is 21.1. The maximum atomic E-state index is 13.4. The normalized spacial score (nSPS) is 15.0. The van der Waals surface area contributed by atoms with Crippen LogP contribution >= 0.6 is 0 Å². The first-order valence-corrected chi connectivity index (χ1v) is 9.97. The minimum atomic E-state index is -0.777. The van der Waals surface area contributed by atoms with Crippen molar-refractivity contribution in [2.75, 3.05) is 16.8 Å². The summed E-state index contributed by atoms with van der Waals surface area (Å²) in [5, 5.41) is 2.96. The van der Waals surface area contributed by atoms with Crippen molar-refractivity contribution in [3.63, 3.8) is 0 Å². The number of ether oxygens (including phenoxy) is 1. The molecular weight excluding hydrogens is 505 g/mol.